The predicted molar refractivity (Wildman–Crippen MR) is 78.6 cm³/mol. The van der Waals surface area contributed by atoms with Gasteiger partial charge in [0.15, 0.2) is 0 Å². The Labute approximate surface area is 122 Å². The Morgan fingerprint density at radius 2 is 2.50 bits per heavy atom. The van der Waals surface area contributed by atoms with E-state index in [2.05, 4.69) is 10.2 Å². The summed E-state index contributed by atoms with van der Waals surface area (Å²) in [6.07, 6.45) is 2.15. The second kappa shape index (κ2) is 6.35. The number of piperidine rings is 1. The maximum Gasteiger partial charge on any atom is 0.226 e. The highest BCUT2D eigenvalue weighted by molar-refractivity contribution is 7.14. The van der Waals surface area contributed by atoms with Crippen molar-refractivity contribution in [2.24, 2.45) is 0 Å². The Kier molecular flexibility index (Phi) is 4.76. The Bertz CT molecular complexity index is 519. The normalized spacial score (nSPS) is 23.2. The lowest BCUT2D eigenvalue weighted by Gasteiger charge is -2.36. The molecule has 1 aromatic heterocycles. The van der Waals surface area contributed by atoms with E-state index in [9.17, 15) is 9.90 Å². The molecule has 0 aliphatic carbocycles. The van der Waals surface area contributed by atoms with Crippen LogP contribution in [0.2, 0.25) is 0 Å². The Morgan fingerprint density at radius 1 is 1.70 bits per heavy atom. The van der Waals surface area contributed by atoms with Gasteiger partial charge in [0.25, 0.3) is 0 Å². The fourth-order valence-corrected chi connectivity index (χ4v) is 3.21. The topological polar surface area (TPSA) is 76.4 Å². The standard InChI is InChI=1S/C14H19N3O2S/c1-14(19)5-2-6-17(10-14)7-3-12(18)16-13-11(9-15)4-8-20-13/h4,8,19H,2-3,5-7,10H2,1H3,(H,16,18). The zero-order valence-corrected chi connectivity index (χ0v) is 12.4. The van der Waals surface area contributed by atoms with E-state index in [-0.39, 0.29) is 5.91 Å². The molecule has 2 N–H and O–H groups in total. The number of nitrogens with one attached hydrogen (secondary N) is 1. The highest BCUT2D eigenvalue weighted by atomic mass is 32.1. The molecule has 1 unspecified atom stereocenters. The minimum Gasteiger partial charge on any atom is -0.389 e. The number of nitrogens with zero attached hydrogens (tertiary/aromatic N) is 2. The zero-order chi connectivity index (χ0) is 14.6. The molecule has 0 radical (unpaired) electrons. The fraction of sp³-hybridized carbons (Fsp3) is 0.571. The predicted octanol–water partition coefficient (Wildman–Crippen LogP) is 1.80. The van der Waals surface area contributed by atoms with E-state index in [1.165, 1.54) is 11.3 Å². The number of aliphatic hydroxyl groups is 1. The number of thiophene rings is 1. The van der Waals surface area contributed by atoms with Gasteiger partial charge in [-0.15, -0.1) is 11.3 Å². The molecule has 1 aromatic rings. The SMILES string of the molecule is CC1(O)CCCN(CCC(=O)Nc2sccc2C#N)C1. The van der Waals surface area contributed by atoms with Crippen molar-refractivity contribution in [1.29, 1.82) is 5.26 Å². The lowest BCUT2D eigenvalue weighted by Crippen LogP contribution is -2.46. The van der Waals surface area contributed by atoms with Gasteiger partial charge in [0.2, 0.25) is 5.91 Å². The van der Waals surface area contributed by atoms with Crippen LogP contribution in [0.25, 0.3) is 0 Å². The molecule has 1 fully saturated rings. The van der Waals surface area contributed by atoms with Gasteiger partial charge in [-0.25, -0.2) is 0 Å². The molecule has 1 aliphatic rings. The number of β-amino-alcohol motifs (C(OH)–C–C–N with tert-alkyl or cyclic N) is 1. The lowest BCUT2D eigenvalue weighted by atomic mass is 9.95. The van der Waals surface area contributed by atoms with Gasteiger partial charge < -0.3 is 10.4 Å². The summed E-state index contributed by atoms with van der Waals surface area (Å²) < 4.78 is 0. The number of carbonyl (C=O) groups excluding carboxylic acids is 1. The van der Waals surface area contributed by atoms with Crippen molar-refractivity contribution >= 4 is 22.2 Å². The van der Waals surface area contributed by atoms with Crippen LogP contribution >= 0.6 is 11.3 Å². The number of amides is 1. The highest BCUT2D eigenvalue weighted by Gasteiger charge is 2.28. The van der Waals surface area contributed by atoms with Crippen LogP contribution < -0.4 is 5.32 Å². The second-order valence-electron chi connectivity index (χ2n) is 5.45. The molecule has 6 heteroatoms. The number of hydrogen-bond donors (Lipinski definition) is 2. The maximum absolute atomic E-state index is 11.9. The number of rotatable bonds is 4. The molecule has 1 aliphatic heterocycles. The van der Waals surface area contributed by atoms with E-state index < -0.39 is 5.60 Å². The van der Waals surface area contributed by atoms with Crippen molar-refractivity contribution in [2.45, 2.75) is 31.8 Å². The minimum atomic E-state index is -0.642. The van der Waals surface area contributed by atoms with Gasteiger partial charge in [-0.05, 0) is 37.8 Å². The number of carbonyl (C=O) groups is 1. The second-order valence-corrected chi connectivity index (χ2v) is 6.37. The molecular formula is C14H19N3O2S. The molecule has 2 rings (SSSR count). The molecule has 0 aromatic carbocycles. The first-order valence-corrected chi connectivity index (χ1v) is 7.60. The van der Waals surface area contributed by atoms with E-state index >= 15 is 0 Å². The molecule has 1 saturated heterocycles. The van der Waals surface area contributed by atoms with Gasteiger partial charge in [-0.2, -0.15) is 5.26 Å². The summed E-state index contributed by atoms with van der Waals surface area (Å²) in [5.74, 6) is -0.0887. The van der Waals surface area contributed by atoms with Gasteiger partial charge in [0.05, 0.1) is 11.2 Å². The van der Waals surface area contributed by atoms with Crippen LogP contribution in [0.4, 0.5) is 5.00 Å². The van der Waals surface area contributed by atoms with Gasteiger partial charge in [0, 0.05) is 19.5 Å². The first kappa shape index (κ1) is 15.0. The molecule has 0 saturated carbocycles. The summed E-state index contributed by atoms with van der Waals surface area (Å²) in [6.45, 7) is 4.01. The van der Waals surface area contributed by atoms with Crippen LogP contribution in [0.15, 0.2) is 11.4 Å². The van der Waals surface area contributed by atoms with Crippen molar-refractivity contribution in [3.05, 3.63) is 17.0 Å². The third kappa shape index (κ3) is 4.04. The molecule has 20 heavy (non-hydrogen) atoms. The average molecular weight is 293 g/mol. The third-order valence-corrected chi connectivity index (χ3v) is 4.28. The Morgan fingerprint density at radius 3 is 3.20 bits per heavy atom. The van der Waals surface area contributed by atoms with Crippen LogP contribution in [0.1, 0.15) is 31.7 Å². The van der Waals surface area contributed by atoms with Crippen molar-refractivity contribution < 1.29 is 9.90 Å². The number of nitriles is 1. The van der Waals surface area contributed by atoms with E-state index in [1.807, 2.05) is 13.0 Å². The molecule has 0 spiro atoms. The van der Waals surface area contributed by atoms with E-state index in [0.717, 1.165) is 19.4 Å². The van der Waals surface area contributed by atoms with Crippen LogP contribution in [-0.2, 0) is 4.79 Å². The van der Waals surface area contributed by atoms with Crippen molar-refractivity contribution in [2.75, 3.05) is 25.0 Å². The van der Waals surface area contributed by atoms with E-state index in [0.29, 0.717) is 30.1 Å². The van der Waals surface area contributed by atoms with E-state index in [4.69, 9.17) is 5.26 Å². The molecule has 1 amide bonds. The van der Waals surface area contributed by atoms with Crippen LogP contribution in [0.3, 0.4) is 0 Å². The van der Waals surface area contributed by atoms with Crippen molar-refractivity contribution in [1.82, 2.24) is 4.90 Å². The average Bonchev–Trinajstić information content (AvgIpc) is 2.82. The first-order chi connectivity index (χ1) is 9.50. The van der Waals surface area contributed by atoms with Crippen LogP contribution in [0, 0.1) is 11.3 Å². The minimum absolute atomic E-state index is 0.0887. The molecule has 0 bridgehead atoms. The smallest absolute Gasteiger partial charge is 0.226 e. The van der Waals surface area contributed by atoms with Crippen molar-refractivity contribution in [3.8, 4) is 6.07 Å². The third-order valence-electron chi connectivity index (χ3n) is 3.45. The van der Waals surface area contributed by atoms with Gasteiger partial charge in [0.1, 0.15) is 11.1 Å². The Balaban J connectivity index is 1.80. The Hall–Kier alpha value is -1.42. The highest BCUT2D eigenvalue weighted by Crippen LogP contribution is 2.23. The lowest BCUT2D eigenvalue weighted by molar-refractivity contribution is -0.117. The summed E-state index contributed by atoms with van der Waals surface area (Å²) >= 11 is 1.36. The number of anilines is 1. The van der Waals surface area contributed by atoms with Crippen molar-refractivity contribution in [3.63, 3.8) is 0 Å². The fourth-order valence-electron chi connectivity index (χ4n) is 2.46. The summed E-state index contributed by atoms with van der Waals surface area (Å²) in [7, 11) is 0. The van der Waals surface area contributed by atoms with Gasteiger partial charge in [-0.1, -0.05) is 0 Å². The van der Waals surface area contributed by atoms with Crippen LogP contribution in [-0.4, -0.2) is 41.1 Å². The monoisotopic (exact) mass is 293 g/mol. The van der Waals surface area contributed by atoms with Gasteiger partial charge >= 0.3 is 0 Å². The maximum atomic E-state index is 11.9. The number of hydrogen-bond acceptors (Lipinski definition) is 5. The summed E-state index contributed by atoms with van der Waals surface area (Å²) in [4.78, 5) is 14.0. The molecular weight excluding hydrogens is 274 g/mol. The first-order valence-electron chi connectivity index (χ1n) is 6.72. The van der Waals surface area contributed by atoms with E-state index in [1.54, 1.807) is 11.4 Å². The summed E-state index contributed by atoms with van der Waals surface area (Å²) in [6, 6.07) is 3.75. The molecule has 5 nitrogen and oxygen atoms in total. The number of likely N-dealkylation sites (tertiary alicyclic amines) is 1. The summed E-state index contributed by atoms with van der Waals surface area (Å²) in [5.41, 5.74) is -0.138. The van der Waals surface area contributed by atoms with Gasteiger partial charge in [-0.3, -0.25) is 9.69 Å². The quantitative estimate of drug-likeness (QED) is 0.887. The zero-order valence-electron chi connectivity index (χ0n) is 11.6. The molecule has 108 valence electrons. The molecule has 1 atom stereocenters. The van der Waals surface area contributed by atoms with Crippen LogP contribution in [0.5, 0.6) is 0 Å². The summed E-state index contributed by atoms with van der Waals surface area (Å²) in [5, 5.41) is 24.1. The molecule has 2 heterocycles. The largest absolute Gasteiger partial charge is 0.389 e.